The molecule has 174 valence electrons. The summed E-state index contributed by atoms with van der Waals surface area (Å²) in [4.78, 5) is 14.9. The Bertz CT molecular complexity index is 1080. The summed E-state index contributed by atoms with van der Waals surface area (Å²) in [5.41, 5.74) is 3.88. The molecular formula is C26H32N4O2S. The van der Waals surface area contributed by atoms with E-state index in [4.69, 9.17) is 4.74 Å². The summed E-state index contributed by atoms with van der Waals surface area (Å²) >= 11 is 1.46. The van der Waals surface area contributed by atoms with E-state index in [9.17, 15) is 4.79 Å². The third kappa shape index (κ3) is 5.96. The zero-order valence-corrected chi connectivity index (χ0v) is 20.5. The molecule has 7 heteroatoms. The number of hydrogen-bond acceptors (Lipinski definition) is 5. The van der Waals surface area contributed by atoms with Gasteiger partial charge < -0.3 is 14.2 Å². The Morgan fingerprint density at radius 3 is 2.58 bits per heavy atom. The highest BCUT2D eigenvalue weighted by Gasteiger charge is 2.22. The molecule has 33 heavy (non-hydrogen) atoms. The van der Waals surface area contributed by atoms with Crippen LogP contribution in [0.5, 0.6) is 5.75 Å². The molecule has 0 bridgehead atoms. The molecule has 4 rings (SSSR count). The number of ether oxygens (including phenoxy) is 1. The van der Waals surface area contributed by atoms with Crippen LogP contribution in [0.3, 0.4) is 0 Å². The van der Waals surface area contributed by atoms with E-state index < -0.39 is 0 Å². The van der Waals surface area contributed by atoms with E-state index in [2.05, 4.69) is 65.9 Å². The van der Waals surface area contributed by atoms with Crippen LogP contribution in [0, 0.1) is 5.92 Å². The molecule has 0 unspecified atom stereocenters. The highest BCUT2D eigenvalue weighted by molar-refractivity contribution is 7.99. The molecule has 1 amide bonds. The molecule has 1 aromatic heterocycles. The zero-order valence-electron chi connectivity index (χ0n) is 19.7. The summed E-state index contributed by atoms with van der Waals surface area (Å²) < 4.78 is 8.07. The van der Waals surface area contributed by atoms with Crippen molar-refractivity contribution in [2.75, 3.05) is 12.3 Å². The third-order valence-electron chi connectivity index (χ3n) is 5.85. The van der Waals surface area contributed by atoms with Crippen molar-refractivity contribution in [1.82, 2.24) is 19.7 Å². The Hall–Kier alpha value is -2.80. The molecule has 0 N–H and O–H groups in total. The molecule has 0 radical (unpaired) electrons. The van der Waals surface area contributed by atoms with Gasteiger partial charge >= 0.3 is 0 Å². The van der Waals surface area contributed by atoms with Crippen LogP contribution < -0.4 is 4.74 Å². The first kappa shape index (κ1) is 23.4. The second-order valence-electron chi connectivity index (χ2n) is 8.81. The lowest BCUT2D eigenvalue weighted by molar-refractivity contribution is -0.129. The second-order valence-corrected chi connectivity index (χ2v) is 9.75. The number of carbonyl (C=O) groups is 1. The van der Waals surface area contributed by atoms with E-state index in [1.54, 1.807) is 0 Å². The fourth-order valence-electron chi connectivity index (χ4n) is 3.98. The van der Waals surface area contributed by atoms with Crippen LogP contribution in [0.15, 0.2) is 53.7 Å². The van der Waals surface area contributed by atoms with Gasteiger partial charge in [0, 0.05) is 19.6 Å². The van der Waals surface area contributed by atoms with Gasteiger partial charge in [0.1, 0.15) is 12.4 Å². The van der Waals surface area contributed by atoms with Crippen LogP contribution in [0.25, 0.3) is 0 Å². The van der Waals surface area contributed by atoms with Gasteiger partial charge in [-0.2, -0.15) is 0 Å². The summed E-state index contributed by atoms with van der Waals surface area (Å²) in [6, 6.07) is 16.5. The van der Waals surface area contributed by atoms with Crippen LogP contribution in [-0.2, 0) is 37.3 Å². The van der Waals surface area contributed by atoms with Crippen molar-refractivity contribution in [3.8, 4) is 5.75 Å². The van der Waals surface area contributed by atoms with E-state index in [1.165, 1.54) is 28.5 Å². The molecule has 0 aliphatic carbocycles. The Balaban J connectivity index is 1.38. The van der Waals surface area contributed by atoms with Crippen molar-refractivity contribution >= 4 is 17.7 Å². The highest BCUT2D eigenvalue weighted by Crippen LogP contribution is 2.23. The van der Waals surface area contributed by atoms with Gasteiger partial charge in [-0.3, -0.25) is 4.79 Å². The minimum absolute atomic E-state index is 0.141. The standard InChI is InChI=1S/C26H32N4O2S/c1-4-20-9-11-23(12-10-20)32-17-24-27-28-26(30(24)15-19(2)3)33-18-25(31)29-14-13-21-7-5-6-8-22(21)16-29/h5-12,19H,4,13-18H2,1-3H3. The fraction of sp³-hybridized carbons (Fsp3) is 0.423. The summed E-state index contributed by atoms with van der Waals surface area (Å²) in [5, 5.41) is 9.54. The lowest BCUT2D eigenvalue weighted by atomic mass is 10.00. The Morgan fingerprint density at radius 2 is 1.85 bits per heavy atom. The van der Waals surface area contributed by atoms with Gasteiger partial charge in [-0.1, -0.05) is 68.9 Å². The molecular weight excluding hydrogens is 432 g/mol. The number of fused-ring (bicyclic) bond motifs is 1. The van der Waals surface area contributed by atoms with Crippen molar-refractivity contribution in [3.05, 3.63) is 71.0 Å². The lowest BCUT2D eigenvalue weighted by Gasteiger charge is -2.28. The van der Waals surface area contributed by atoms with Crippen molar-refractivity contribution < 1.29 is 9.53 Å². The van der Waals surface area contributed by atoms with Gasteiger partial charge in [0.25, 0.3) is 0 Å². The smallest absolute Gasteiger partial charge is 0.233 e. The maximum Gasteiger partial charge on any atom is 0.233 e. The quantitative estimate of drug-likeness (QED) is 0.428. The summed E-state index contributed by atoms with van der Waals surface area (Å²) in [5.74, 6) is 2.53. The van der Waals surface area contributed by atoms with Gasteiger partial charge in [0.2, 0.25) is 5.91 Å². The number of thioether (sulfide) groups is 1. The number of amides is 1. The Morgan fingerprint density at radius 1 is 1.09 bits per heavy atom. The average Bonchev–Trinajstić information content (AvgIpc) is 3.21. The number of benzene rings is 2. The molecule has 2 heterocycles. The van der Waals surface area contributed by atoms with Gasteiger partial charge in [0.15, 0.2) is 11.0 Å². The minimum atomic E-state index is 0.141. The second kappa shape index (κ2) is 10.9. The monoisotopic (exact) mass is 464 g/mol. The summed E-state index contributed by atoms with van der Waals surface area (Å²) in [7, 11) is 0. The van der Waals surface area contributed by atoms with Crippen LogP contribution in [0.4, 0.5) is 0 Å². The molecule has 0 fully saturated rings. The first-order chi connectivity index (χ1) is 16.0. The zero-order chi connectivity index (χ0) is 23.2. The Labute approximate surface area is 200 Å². The van der Waals surface area contributed by atoms with Gasteiger partial charge in [0.05, 0.1) is 5.75 Å². The van der Waals surface area contributed by atoms with E-state index in [0.717, 1.165) is 42.7 Å². The van der Waals surface area contributed by atoms with Crippen LogP contribution in [-0.4, -0.2) is 37.9 Å². The maximum atomic E-state index is 12.9. The average molecular weight is 465 g/mol. The number of aryl methyl sites for hydroxylation is 1. The van der Waals surface area contributed by atoms with Gasteiger partial charge in [-0.15, -0.1) is 10.2 Å². The molecule has 6 nitrogen and oxygen atoms in total. The number of aromatic nitrogens is 3. The van der Waals surface area contributed by atoms with Crippen molar-refractivity contribution in [2.45, 2.75) is 58.5 Å². The predicted octanol–water partition coefficient (Wildman–Crippen LogP) is 4.75. The molecule has 0 spiro atoms. The lowest BCUT2D eigenvalue weighted by Crippen LogP contribution is -2.37. The SMILES string of the molecule is CCc1ccc(OCc2nnc(SCC(=O)N3CCc4ccccc4C3)n2CC(C)C)cc1. The third-order valence-corrected chi connectivity index (χ3v) is 6.80. The topological polar surface area (TPSA) is 60.3 Å². The molecule has 0 saturated heterocycles. The van der Waals surface area contributed by atoms with E-state index in [-0.39, 0.29) is 5.91 Å². The number of nitrogens with zero attached hydrogens (tertiary/aromatic N) is 4. The molecule has 0 saturated carbocycles. The molecule has 1 aliphatic heterocycles. The number of rotatable bonds is 9. The molecule has 3 aromatic rings. The highest BCUT2D eigenvalue weighted by atomic mass is 32.2. The van der Waals surface area contributed by atoms with Crippen molar-refractivity contribution in [2.24, 2.45) is 5.92 Å². The normalized spacial score (nSPS) is 13.3. The fourth-order valence-corrected chi connectivity index (χ4v) is 4.85. The minimum Gasteiger partial charge on any atom is -0.486 e. The maximum absolute atomic E-state index is 12.9. The first-order valence-corrected chi connectivity index (χ1v) is 12.6. The van der Waals surface area contributed by atoms with Gasteiger partial charge in [-0.25, -0.2) is 0 Å². The molecule has 1 aliphatic rings. The number of hydrogen-bond donors (Lipinski definition) is 0. The summed E-state index contributed by atoms with van der Waals surface area (Å²) in [6.45, 7) is 9.06. The molecule has 0 atom stereocenters. The predicted molar refractivity (Wildman–Crippen MR) is 131 cm³/mol. The summed E-state index contributed by atoms with van der Waals surface area (Å²) in [6.07, 6.45) is 1.92. The first-order valence-electron chi connectivity index (χ1n) is 11.6. The van der Waals surface area contributed by atoms with Crippen molar-refractivity contribution in [1.29, 1.82) is 0 Å². The molecule has 2 aromatic carbocycles. The van der Waals surface area contributed by atoms with E-state index in [0.29, 0.717) is 24.8 Å². The van der Waals surface area contributed by atoms with Crippen molar-refractivity contribution in [3.63, 3.8) is 0 Å². The van der Waals surface area contributed by atoms with E-state index in [1.807, 2.05) is 23.1 Å². The number of carbonyl (C=O) groups excluding carboxylic acids is 1. The van der Waals surface area contributed by atoms with Crippen LogP contribution >= 0.6 is 11.8 Å². The van der Waals surface area contributed by atoms with Gasteiger partial charge in [-0.05, 0) is 47.6 Å². The van der Waals surface area contributed by atoms with E-state index >= 15 is 0 Å². The van der Waals surface area contributed by atoms with Crippen LogP contribution in [0.1, 0.15) is 43.3 Å². The largest absolute Gasteiger partial charge is 0.486 e. The Kier molecular flexibility index (Phi) is 7.70. The van der Waals surface area contributed by atoms with Crippen LogP contribution in [0.2, 0.25) is 0 Å².